The highest BCUT2D eigenvalue weighted by Gasteiger charge is 2.15. The van der Waals surface area contributed by atoms with Crippen molar-refractivity contribution in [2.24, 2.45) is 10.2 Å². The monoisotopic (exact) mass is 511 g/mol. The second-order valence-corrected chi connectivity index (χ2v) is 9.47. The van der Waals surface area contributed by atoms with E-state index in [1.54, 1.807) is 25.3 Å². The number of hydrogen-bond donors (Lipinski definition) is 1. The first-order valence-electron chi connectivity index (χ1n) is 8.77. The van der Waals surface area contributed by atoms with Gasteiger partial charge >= 0.3 is 5.97 Å². The van der Waals surface area contributed by atoms with Crippen LogP contribution in [-0.2, 0) is 0 Å². The Morgan fingerprint density at radius 2 is 1.68 bits per heavy atom. The molecule has 2 aromatic rings. The lowest BCUT2D eigenvalue weighted by atomic mass is 10.2. The van der Waals surface area contributed by atoms with Gasteiger partial charge in [0.05, 0.1) is 12.7 Å². The Morgan fingerprint density at radius 3 is 2.25 bits per heavy atom. The molecule has 2 atom stereocenters. The highest BCUT2D eigenvalue weighted by molar-refractivity contribution is 9.09. The molecule has 0 saturated heterocycles. The van der Waals surface area contributed by atoms with Crippen molar-refractivity contribution in [2.75, 3.05) is 25.1 Å². The molecule has 0 heterocycles. The summed E-state index contributed by atoms with van der Waals surface area (Å²) in [6.07, 6.45) is 0. The van der Waals surface area contributed by atoms with E-state index in [2.05, 4.69) is 60.8 Å². The van der Waals surface area contributed by atoms with Gasteiger partial charge in [0, 0.05) is 34.5 Å². The van der Waals surface area contributed by atoms with Crippen LogP contribution in [0.2, 0.25) is 0 Å². The second-order valence-electron chi connectivity index (χ2n) is 6.34. The predicted octanol–water partition coefficient (Wildman–Crippen LogP) is 6.18. The first-order chi connectivity index (χ1) is 13.3. The number of anilines is 1. The Bertz CT molecular complexity index is 831. The van der Waals surface area contributed by atoms with E-state index in [1.807, 2.05) is 18.2 Å². The molecule has 1 N–H and O–H groups in total. The number of benzene rings is 2. The Kier molecular flexibility index (Phi) is 8.44. The zero-order chi connectivity index (χ0) is 20.7. The Morgan fingerprint density at radius 1 is 1.07 bits per heavy atom. The smallest absolute Gasteiger partial charge is 0.337 e. The zero-order valence-electron chi connectivity index (χ0n) is 16.0. The summed E-state index contributed by atoms with van der Waals surface area (Å²) in [6, 6.07) is 12.2. The van der Waals surface area contributed by atoms with Crippen LogP contribution >= 0.6 is 31.9 Å². The van der Waals surface area contributed by atoms with E-state index in [4.69, 9.17) is 4.74 Å². The summed E-state index contributed by atoms with van der Waals surface area (Å²) in [6.45, 7) is 5.88. The molecule has 0 fully saturated rings. The average molecular weight is 513 g/mol. The van der Waals surface area contributed by atoms with Gasteiger partial charge in [-0.1, -0.05) is 57.8 Å². The number of alkyl halides is 2. The number of hydrogen-bond acceptors (Lipinski definition) is 5. The number of carboxylic acids is 1. The largest absolute Gasteiger partial charge is 0.494 e. The number of methoxy groups -OCH3 is 1. The minimum atomic E-state index is -1.04. The van der Waals surface area contributed by atoms with Gasteiger partial charge in [0.1, 0.15) is 17.1 Å². The molecule has 0 aliphatic carbocycles. The van der Waals surface area contributed by atoms with E-state index in [0.29, 0.717) is 26.8 Å². The minimum Gasteiger partial charge on any atom is -0.494 e. The fourth-order valence-corrected chi connectivity index (χ4v) is 3.39. The van der Waals surface area contributed by atoms with Gasteiger partial charge in [0.2, 0.25) is 0 Å². The molecule has 0 aliphatic heterocycles. The van der Waals surface area contributed by atoms with Crippen LogP contribution < -0.4 is 9.64 Å². The van der Waals surface area contributed by atoms with Gasteiger partial charge in [-0.25, -0.2) is 4.79 Å². The number of azo groups is 1. The molecule has 150 valence electrons. The molecule has 0 amide bonds. The first-order valence-corrected chi connectivity index (χ1v) is 10.6. The molecule has 0 spiro atoms. The van der Waals surface area contributed by atoms with Crippen LogP contribution in [0.25, 0.3) is 0 Å². The second kappa shape index (κ2) is 10.6. The number of halogens is 2. The summed E-state index contributed by atoms with van der Waals surface area (Å²) in [5.74, 6) is -0.469. The number of aromatic carboxylic acids is 1. The zero-order valence-corrected chi connectivity index (χ0v) is 19.1. The third-order valence-corrected chi connectivity index (χ3v) is 4.45. The molecule has 28 heavy (non-hydrogen) atoms. The van der Waals surface area contributed by atoms with Crippen molar-refractivity contribution in [3.63, 3.8) is 0 Å². The molecule has 0 radical (unpaired) electrons. The molecular weight excluding hydrogens is 490 g/mol. The number of nitrogens with zero attached hydrogens (tertiary/aromatic N) is 3. The van der Waals surface area contributed by atoms with Crippen molar-refractivity contribution in [1.29, 1.82) is 0 Å². The number of carboxylic acid groups (broad SMARTS) is 1. The van der Waals surface area contributed by atoms with Gasteiger partial charge in [-0.2, -0.15) is 0 Å². The van der Waals surface area contributed by atoms with Crippen LogP contribution in [0, 0.1) is 0 Å². The van der Waals surface area contributed by atoms with Crippen molar-refractivity contribution < 1.29 is 14.6 Å². The van der Waals surface area contributed by atoms with E-state index < -0.39 is 5.97 Å². The molecule has 6 nitrogen and oxygen atoms in total. The van der Waals surface area contributed by atoms with Gasteiger partial charge in [-0.05, 0) is 24.3 Å². The summed E-state index contributed by atoms with van der Waals surface area (Å²) in [4.78, 5) is 14.2. The van der Waals surface area contributed by atoms with Gasteiger partial charge in [0.25, 0.3) is 0 Å². The molecular formula is C20H23Br2N3O3. The van der Waals surface area contributed by atoms with Gasteiger partial charge in [-0.15, -0.1) is 10.2 Å². The summed E-state index contributed by atoms with van der Waals surface area (Å²) >= 11 is 7.22. The van der Waals surface area contributed by atoms with Gasteiger partial charge in [0.15, 0.2) is 0 Å². The summed E-state index contributed by atoms with van der Waals surface area (Å²) in [7, 11) is 1.58. The maximum absolute atomic E-state index is 11.3. The van der Waals surface area contributed by atoms with E-state index in [9.17, 15) is 9.90 Å². The maximum Gasteiger partial charge on any atom is 0.337 e. The van der Waals surface area contributed by atoms with Crippen LogP contribution in [0.15, 0.2) is 52.7 Å². The molecule has 0 saturated carbocycles. The highest BCUT2D eigenvalue weighted by atomic mass is 79.9. The molecule has 0 unspecified atom stereocenters. The highest BCUT2D eigenvalue weighted by Crippen LogP contribution is 2.34. The fraction of sp³-hybridized carbons (Fsp3) is 0.350. The molecule has 8 heteroatoms. The van der Waals surface area contributed by atoms with Crippen LogP contribution in [0.1, 0.15) is 24.2 Å². The first kappa shape index (κ1) is 22.4. The molecule has 0 aromatic heterocycles. The molecule has 0 bridgehead atoms. The van der Waals surface area contributed by atoms with E-state index in [-0.39, 0.29) is 5.56 Å². The van der Waals surface area contributed by atoms with Crippen LogP contribution in [0.3, 0.4) is 0 Å². The van der Waals surface area contributed by atoms with E-state index in [0.717, 1.165) is 18.8 Å². The average Bonchev–Trinajstić information content (AvgIpc) is 2.65. The van der Waals surface area contributed by atoms with Crippen molar-refractivity contribution >= 4 is 54.9 Å². The number of carbonyl (C=O) groups is 1. The van der Waals surface area contributed by atoms with Crippen molar-refractivity contribution in [3.05, 3.63) is 48.0 Å². The lowest BCUT2D eigenvalue weighted by molar-refractivity contribution is 0.0697. The van der Waals surface area contributed by atoms with Crippen LogP contribution in [-0.4, -0.2) is 40.9 Å². The topological polar surface area (TPSA) is 74.5 Å². The van der Waals surface area contributed by atoms with Crippen molar-refractivity contribution in [2.45, 2.75) is 23.5 Å². The summed E-state index contributed by atoms with van der Waals surface area (Å²) in [5.41, 5.74) is 1.94. The Hall–Kier alpha value is -1.93. The van der Waals surface area contributed by atoms with Crippen molar-refractivity contribution in [1.82, 2.24) is 0 Å². The quantitative estimate of drug-likeness (QED) is 0.321. The third-order valence-electron chi connectivity index (χ3n) is 3.87. The molecule has 0 aliphatic rings. The molecule has 2 aromatic carbocycles. The Labute approximate surface area is 181 Å². The van der Waals surface area contributed by atoms with Crippen LogP contribution in [0.5, 0.6) is 5.75 Å². The standard InChI is InChI=1S/C20H23Br2N3O3/c1-13(21)11-25(12-14(2)22)15-8-9-18(19(10-15)28-3)24-23-17-7-5-4-6-16(17)20(26)27/h4-10,13-14H,11-12H2,1-3H3,(H,26,27)/t13-,14+. The third kappa shape index (κ3) is 6.31. The predicted molar refractivity (Wildman–Crippen MR) is 120 cm³/mol. The molecule has 2 rings (SSSR count). The normalized spacial score (nSPS) is 13.3. The Balaban J connectivity index is 2.33. The minimum absolute atomic E-state index is 0.102. The van der Waals surface area contributed by atoms with Gasteiger partial charge < -0.3 is 14.7 Å². The summed E-state index contributed by atoms with van der Waals surface area (Å²) in [5, 5.41) is 17.6. The summed E-state index contributed by atoms with van der Waals surface area (Å²) < 4.78 is 5.49. The van der Waals surface area contributed by atoms with Crippen molar-refractivity contribution in [3.8, 4) is 5.75 Å². The lowest BCUT2D eigenvalue weighted by Gasteiger charge is -2.28. The van der Waals surface area contributed by atoms with Crippen LogP contribution in [0.4, 0.5) is 17.1 Å². The number of rotatable bonds is 9. The van der Waals surface area contributed by atoms with E-state index in [1.165, 1.54) is 6.07 Å². The maximum atomic E-state index is 11.3. The van der Waals surface area contributed by atoms with Gasteiger partial charge in [-0.3, -0.25) is 0 Å². The van der Waals surface area contributed by atoms with E-state index >= 15 is 0 Å². The fourth-order valence-electron chi connectivity index (χ4n) is 2.69. The SMILES string of the molecule is COc1cc(N(C[C@H](C)Br)C[C@@H](C)Br)ccc1N=Nc1ccccc1C(=O)O. The lowest BCUT2D eigenvalue weighted by Crippen LogP contribution is -2.33. The number of ether oxygens (including phenoxy) is 1.